The maximum atomic E-state index is 9.81. The summed E-state index contributed by atoms with van der Waals surface area (Å²) in [5.74, 6) is 0.848. The van der Waals surface area contributed by atoms with Crippen molar-refractivity contribution in [1.82, 2.24) is 0 Å². The fourth-order valence-electron chi connectivity index (χ4n) is 2.37. The standard InChI is InChI=1S/C12H16BrNO/c13-9-5-6-10(11(15)7-9)12(14)8-3-1-2-4-8/h5-8,12,15H,1-4,14H2/t12-/m1/s1. The lowest BCUT2D eigenvalue weighted by atomic mass is 9.92. The van der Waals surface area contributed by atoms with Gasteiger partial charge in [0.05, 0.1) is 0 Å². The fraction of sp³-hybridized carbons (Fsp3) is 0.500. The molecule has 3 heteroatoms. The number of benzene rings is 1. The summed E-state index contributed by atoms with van der Waals surface area (Å²) >= 11 is 3.33. The molecule has 0 radical (unpaired) electrons. The lowest BCUT2D eigenvalue weighted by Gasteiger charge is -2.20. The number of phenols is 1. The molecule has 82 valence electrons. The van der Waals surface area contributed by atoms with Crippen molar-refractivity contribution >= 4 is 15.9 Å². The predicted molar refractivity (Wildman–Crippen MR) is 64.7 cm³/mol. The molecular weight excluding hydrogens is 254 g/mol. The van der Waals surface area contributed by atoms with Crippen molar-refractivity contribution in [3.63, 3.8) is 0 Å². The Labute approximate surface area is 98.6 Å². The van der Waals surface area contributed by atoms with Crippen LogP contribution in [0.2, 0.25) is 0 Å². The highest BCUT2D eigenvalue weighted by Gasteiger charge is 2.24. The molecule has 3 N–H and O–H groups in total. The molecule has 0 heterocycles. The summed E-state index contributed by atoms with van der Waals surface area (Å²) in [5.41, 5.74) is 7.06. The van der Waals surface area contributed by atoms with E-state index in [0.29, 0.717) is 11.7 Å². The van der Waals surface area contributed by atoms with Crippen molar-refractivity contribution in [1.29, 1.82) is 0 Å². The molecule has 0 unspecified atom stereocenters. The Kier molecular flexibility index (Phi) is 3.32. The molecule has 0 saturated heterocycles. The molecule has 1 aliphatic carbocycles. The van der Waals surface area contributed by atoms with Crippen LogP contribution in [0.4, 0.5) is 0 Å². The minimum Gasteiger partial charge on any atom is -0.508 e. The molecule has 1 aliphatic rings. The van der Waals surface area contributed by atoms with Gasteiger partial charge in [-0.15, -0.1) is 0 Å². The Morgan fingerprint density at radius 3 is 2.60 bits per heavy atom. The first-order valence-corrected chi connectivity index (χ1v) is 6.22. The molecule has 15 heavy (non-hydrogen) atoms. The number of hydrogen-bond donors (Lipinski definition) is 2. The molecule has 2 rings (SSSR count). The van der Waals surface area contributed by atoms with Gasteiger partial charge in [-0.1, -0.05) is 34.8 Å². The molecule has 0 bridgehead atoms. The van der Waals surface area contributed by atoms with E-state index in [1.807, 2.05) is 12.1 Å². The first-order chi connectivity index (χ1) is 7.18. The highest BCUT2D eigenvalue weighted by Crippen LogP contribution is 2.37. The average molecular weight is 270 g/mol. The second kappa shape index (κ2) is 4.54. The van der Waals surface area contributed by atoms with Crippen LogP contribution in [-0.4, -0.2) is 5.11 Å². The third-order valence-corrected chi connectivity index (χ3v) is 3.75. The normalized spacial score (nSPS) is 19.3. The van der Waals surface area contributed by atoms with Crippen LogP contribution in [0.3, 0.4) is 0 Å². The monoisotopic (exact) mass is 269 g/mol. The third kappa shape index (κ3) is 2.34. The average Bonchev–Trinajstić information content (AvgIpc) is 2.69. The van der Waals surface area contributed by atoms with Crippen LogP contribution in [0, 0.1) is 5.92 Å². The Hall–Kier alpha value is -0.540. The summed E-state index contributed by atoms with van der Waals surface area (Å²) < 4.78 is 0.891. The van der Waals surface area contributed by atoms with Crippen molar-refractivity contribution in [2.75, 3.05) is 0 Å². The maximum absolute atomic E-state index is 9.81. The van der Waals surface area contributed by atoms with E-state index < -0.39 is 0 Å². The smallest absolute Gasteiger partial charge is 0.121 e. The molecule has 0 aromatic heterocycles. The van der Waals surface area contributed by atoms with Gasteiger partial charge in [0, 0.05) is 16.1 Å². The van der Waals surface area contributed by atoms with Crippen molar-refractivity contribution in [3.05, 3.63) is 28.2 Å². The Morgan fingerprint density at radius 1 is 1.33 bits per heavy atom. The highest BCUT2D eigenvalue weighted by molar-refractivity contribution is 9.10. The van der Waals surface area contributed by atoms with Gasteiger partial charge in [0.2, 0.25) is 0 Å². The van der Waals surface area contributed by atoms with Gasteiger partial charge in [-0.25, -0.2) is 0 Å². The number of rotatable bonds is 2. The minimum atomic E-state index is -0.0133. The lowest BCUT2D eigenvalue weighted by Crippen LogP contribution is -2.19. The zero-order valence-corrected chi connectivity index (χ0v) is 10.2. The van der Waals surface area contributed by atoms with Crippen molar-refractivity contribution in [2.45, 2.75) is 31.7 Å². The van der Waals surface area contributed by atoms with Crippen molar-refractivity contribution in [2.24, 2.45) is 11.7 Å². The summed E-state index contributed by atoms with van der Waals surface area (Å²) in [4.78, 5) is 0. The van der Waals surface area contributed by atoms with Gasteiger partial charge in [0.25, 0.3) is 0 Å². The van der Waals surface area contributed by atoms with E-state index in [-0.39, 0.29) is 6.04 Å². The minimum absolute atomic E-state index is 0.0133. The third-order valence-electron chi connectivity index (χ3n) is 3.26. The first kappa shape index (κ1) is 11.0. The number of phenolic OH excluding ortho intramolecular Hbond substituents is 1. The summed E-state index contributed by atoms with van der Waals surface area (Å²) in [6.07, 6.45) is 4.93. The Balaban J connectivity index is 2.20. The molecule has 0 aliphatic heterocycles. The first-order valence-electron chi connectivity index (χ1n) is 5.42. The zero-order chi connectivity index (χ0) is 10.8. The number of halogens is 1. The second-order valence-corrected chi connectivity index (χ2v) is 5.19. The number of aromatic hydroxyl groups is 1. The van der Waals surface area contributed by atoms with Gasteiger partial charge in [-0.3, -0.25) is 0 Å². The Bertz CT molecular complexity index is 347. The largest absolute Gasteiger partial charge is 0.508 e. The SMILES string of the molecule is N[C@@H](c1ccc(Br)cc1O)C1CCCC1. The van der Waals surface area contributed by atoms with Crippen LogP contribution in [0.5, 0.6) is 5.75 Å². The molecular formula is C12H16BrNO. The maximum Gasteiger partial charge on any atom is 0.121 e. The van der Waals surface area contributed by atoms with E-state index in [0.717, 1.165) is 10.0 Å². The van der Waals surface area contributed by atoms with E-state index in [4.69, 9.17) is 5.73 Å². The van der Waals surface area contributed by atoms with Crippen molar-refractivity contribution in [3.8, 4) is 5.75 Å². The van der Waals surface area contributed by atoms with Gasteiger partial charge in [0.15, 0.2) is 0 Å². The fourth-order valence-corrected chi connectivity index (χ4v) is 2.72. The zero-order valence-electron chi connectivity index (χ0n) is 8.62. The lowest BCUT2D eigenvalue weighted by molar-refractivity contribution is 0.412. The van der Waals surface area contributed by atoms with Gasteiger partial charge < -0.3 is 10.8 Å². The van der Waals surface area contributed by atoms with E-state index in [2.05, 4.69) is 15.9 Å². The van der Waals surface area contributed by atoms with E-state index >= 15 is 0 Å². The number of nitrogens with two attached hydrogens (primary N) is 1. The summed E-state index contributed by atoms with van der Waals surface area (Å²) in [7, 11) is 0. The van der Waals surface area contributed by atoms with Crippen LogP contribution < -0.4 is 5.73 Å². The second-order valence-electron chi connectivity index (χ2n) is 4.27. The molecule has 0 amide bonds. The number of hydrogen-bond acceptors (Lipinski definition) is 2. The quantitative estimate of drug-likeness (QED) is 0.865. The van der Waals surface area contributed by atoms with E-state index in [1.165, 1.54) is 25.7 Å². The summed E-state index contributed by atoms with van der Waals surface area (Å²) in [6.45, 7) is 0. The van der Waals surface area contributed by atoms with Gasteiger partial charge in [-0.2, -0.15) is 0 Å². The molecule has 1 saturated carbocycles. The Morgan fingerprint density at radius 2 is 2.00 bits per heavy atom. The molecule has 1 aromatic carbocycles. The highest BCUT2D eigenvalue weighted by atomic mass is 79.9. The van der Waals surface area contributed by atoms with Gasteiger partial charge >= 0.3 is 0 Å². The van der Waals surface area contributed by atoms with Gasteiger partial charge in [-0.05, 0) is 30.9 Å². The molecule has 1 fully saturated rings. The van der Waals surface area contributed by atoms with Crippen molar-refractivity contribution < 1.29 is 5.11 Å². The molecule has 2 nitrogen and oxygen atoms in total. The van der Waals surface area contributed by atoms with E-state index in [9.17, 15) is 5.11 Å². The summed E-state index contributed by atoms with van der Waals surface area (Å²) in [6, 6.07) is 5.55. The molecule has 1 aromatic rings. The topological polar surface area (TPSA) is 46.2 Å². The van der Waals surface area contributed by atoms with Crippen LogP contribution in [-0.2, 0) is 0 Å². The predicted octanol–water partition coefficient (Wildman–Crippen LogP) is 3.34. The van der Waals surface area contributed by atoms with Crippen LogP contribution in [0.15, 0.2) is 22.7 Å². The van der Waals surface area contributed by atoms with Crippen LogP contribution >= 0.6 is 15.9 Å². The summed E-state index contributed by atoms with van der Waals surface area (Å²) in [5, 5.41) is 9.81. The molecule has 0 spiro atoms. The van der Waals surface area contributed by atoms with Crippen LogP contribution in [0.25, 0.3) is 0 Å². The van der Waals surface area contributed by atoms with E-state index in [1.54, 1.807) is 6.07 Å². The van der Waals surface area contributed by atoms with Crippen LogP contribution in [0.1, 0.15) is 37.3 Å². The molecule has 1 atom stereocenters. The van der Waals surface area contributed by atoms with Gasteiger partial charge in [0.1, 0.15) is 5.75 Å².